The zero-order valence-corrected chi connectivity index (χ0v) is 12.7. The average Bonchev–Trinajstić information content (AvgIpc) is 2.70. The van der Waals surface area contributed by atoms with Crippen molar-refractivity contribution in [2.75, 3.05) is 0 Å². The van der Waals surface area contributed by atoms with E-state index in [1.165, 1.54) is 48.1 Å². The molecular formula is C16H21N3S. The van der Waals surface area contributed by atoms with Crippen LogP contribution in [0.1, 0.15) is 51.7 Å². The molecule has 3 nitrogen and oxygen atoms in total. The summed E-state index contributed by atoms with van der Waals surface area (Å²) in [6, 6.07) is 4.56. The Morgan fingerprint density at radius 3 is 2.85 bits per heavy atom. The third kappa shape index (κ3) is 2.77. The van der Waals surface area contributed by atoms with Crippen molar-refractivity contribution >= 4 is 11.3 Å². The van der Waals surface area contributed by atoms with Crippen LogP contribution in [0.2, 0.25) is 0 Å². The Morgan fingerprint density at radius 2 is 2.05 bits per heavy atom. The fraction of sp³-hybridized carbons (Fsp3) is 0.438. The number of pyridine rings is 1. The van der Waals surface area contributed by atoms with E-state index >= 15 is 0 Å². The first-order valence-electron chi connectivity index (χ1n) is 7.27. The molecule has 20 heavy (non-hydrogen) atoms. The monoisotopic (exact) mass is 287 g/mol. The van der Waals surface area contributed by atoms with Crippen LogP contribution in [-0.2, 0) is 12.8 Å². The lowest BCUT2D eigenvalue weighted by molar-refractivity contribution is 0.642. The molecule has 2 aromatic heterocycles. The molecule has 0 radical (unpaired) electrons. The first-order chi connectivity index (χ1) is 9.78. The van der Waals surface area contributed by atoms with Gasteiger partial charge in [0.2, 0.25) is 0 Å². The van der Waals surface area contributed by atoms with Crippen LogP contribution in [0.4, 0.5) is 0 Å². The summed E-state index contributed by atoms with van der Waals surface area (Å²) >= 11 is 1.91. The predicted octanol–water partition coefficient (Wildman–Crippen LogP) is 3.27. The lowest BCUT2D eigenvalue weighted by Crippen LogP contribution is -2.28. The van der Waals surface area contributed by atoms with Crippen molar-refractivity contribution in [1.82, 2.24) is 10.4 Å². The normalized spacial score (nSPS) is 16.5. The van der Waals surface area contributed by atoms with Crippen LogP contribution in [0.3, 0.4) is 0 Å². The Bertz CT molecular complexity index is 568. The summed E-state index contributed by atoms with van der Waals surface area (Å²) in [6.07, 6.45) is 10.2. The number of hydrazine groups is 1. The summed E-state index contributed by atoms with van der Waals surface area (Å²) < 4.78 is 0. The molecule has 1 aliphatic rings. The van der Waals surface area contributed by atoms with Crippen LogP contribution in [0.15, 0.2) is 24.5 Å². The van der Waals surface area contributed by atoms with Crippen LogP contribution < -0.4 is 11.3 Å². The number of nitrogens with one attached hydrogen (secondary N) is 1. The van der Waals surface area contributed by atoms with E-state index in [0.29, 0.717) is 0 Å². The van der Waals surface area contributed by atoms with E-state index in [-0.39, 0.29) is 6.04 Å². The number of aryl methyl sites for hydroxylation is 3. The minimum atomic E-state index is 0.0549. The number of nitrogens with zero attached hydrogens (tertiary/aromatic N) is 1. The van der Waals surface area contributed by atoms with E-state index in [4.69, 9.17) is 5.84 Å². The Kier molecular flexibility index (Phi) is 4.15. The summed E-state index contributed by atoms with van der Waals surface area (Å²) in [5.74, 6) is 5.80. The maximum atomic E-state index is 5.80. The van der Waals surface area contributed by atoms with Gasteiger partial charge in [-0.2, -0.15) is 0 Å². The molecule has 0 saturated heterocycles. The van der Waals surface area contributed by atoms with Gasteiger partial charge in [0, 0.05) is 22.1 Å². The van der Waals surface area contributed by atoms with Crippen molar-refractivity contribution in [1.29, 1.82) is 0 Å². The Morgan fingerprint density at radius 1 is 1.20 bits per heavy atom. The number of fused-ring (bicyclic) bond motifs is 1. The largest absolute Gasteiger partial charge is 0.271 e. The van der Waals surface area contributed by atoms with Crippen LogP contribution in [0.25, 0.3) is 0 Å². The summed E-state index contributed by atoms with van der Waals surface area (Å²) in [5.41, 5.74) is 6.80. The molecule has 0 spiro atoms. The second-order valence-electron chi connectivity index (χ2n) is 5.55. The van der Waals surface area contributed by atoms with Gasteiger partial charge in [0.05, 0.1) is 6.04 Å². The standard InChI is InChI=1S/C16H21N3S/c1-11-7-13(10-18-9-11)16(19-17)15-8-12-5-3-2-4-6-14(12)20-15/h7-10,16,19H,2-6,17H2,1H3. The summed E-state index contributed by atoms with van der Waals surface area (Å²) in [5, 5.41) is 0. The minimum absolute atomic E-state index is 0.0549. The molecule has 1 atom stereocenters. The van der Waals surface area contributed by atoms with Crippen molar-refractivity contribution in [3.05, 3.63) is 51.0 Å². The van der Waals surface area contributed by atoms with Gasteiger partial charge in [-0.1, -0.05) is 12.5 Å². The third-order valence-electron chi connectivity index (χ3n) is 3.95. The number of hydrogen-bond donors (Lipinski definition) is 2. The second-order valence-corrected chi connectivity index (χ2v) is 6.72. The smallest absolute Gasteiger partial charge is 0.0817 e. The van der Waals surface area contributed by atoms with Gasteiger partial charge in [0.25, 0.3) is 0 Å². The highest BCUT2D eigenvalue weighted by Gasteiger charge is 2.19. The zero-order chi connectivity index (χ0) is 13.9. The van der Waals surface area contributed by atoms with E-state index in [2.05, 4.69) is 29.5 Å². The molecule has 2 heterocycles. The molecule has 0 aromatic carbocycles. The van der Waals surface area contributed by atoms with Crippen molar-refractivity contribution in [2.45, 2.75) is 45.1 Å². The highest BCUT2D eigenvalue weighted by Crippen LogP contribution is 2.34. The molecule has 2 aromatic rings. The molecule has 0 fully saturated rings. The summed E-state index contributed by atoms with van der Waals surface area (Å²) in [4.78, 5) is 7.15. The highest BCUT2D eigenvalue weighted by molar-refractivity contribution is 7.12. The van der Waals surface area contributed by atoms with Gasteiger partial charge >= 0.3 is 0 Å². The Labute approximate surface area is 124 Å². The molecule has 4 heteroatoms. The predicted molar refractivity (Wildman–Crippen MR) is 83.7 cm³/mol. The third-order valence-corrected chi connectivity index (χ3v) is 5.25. The van der Waals surface area contributed by atoms with Crippen molar-refractivity contribution < 1.29 is 0 Å². The SMILES string of the molecule is Cc1cncc(C(NN)c2cc3c(s2)CCCCC3)c1. The van der Waals surface area contributed by atoms with Crippen molar-refractivity contribution in [3.63, 3.8) is 0 Å². The molecular weight excluding hydrogens is 266 g/mol. The fourth-order valence-electron chi connectivity index (χ4n) is 2.91. The van der Waals surface area contributed by atoms with Crippen LogP contribution in [0.5, 0.6) is 0 Å². The molecule has 1 unspecified atom stereocenters. The number of hydrogen-bond acceptors (Lipinski definition) is 4. The van der Waals surface area contributed by atoms with E-state index in [1.807, 2.05) is 23.7 Å². The molecule has 0 amide bonds. The quantitative estimate of drug-likeness (QED) is 0.517. The van der Waals surface area contributed by atoms with Crippen molar-refractivity contribution in [3.8, 4) is 0 Å². The summed E-state index contributed by atoms with van der Waals surface area (Å²) in [6.45, 7) is 2.06. The van der Waals surface area contributed by atoms with Crippen LogP contribution in [0, 0.1) is 6.92 Å². The maximum Gasteiger partial charge on any atom is 0.0817 e. The zero-order valence-electron chi connectivity index (χ0n) is 11.9. The molecule has 3 N–H and O–H groups in total. The highest BCUT2D eigenvalue weighted by atomic mass is 32.1. The van der Waals surface area contributed by atoms with Crippen LogP contribution >= 0.6 is 11.3 Å². The van der Waals surface area contributed by atoms with Crippen molar-refractivity contribution in [2.24, 2.45) is 5.84 Å². The number of thiophene rings is 1. The average molecular weight is 287 g/mol. The van der Waals surface area contributed by atoms with Gasteiger partial charge < -0.3 is 0 Å². The van der Waals surface area contributed by atoms with Gasteiger partial charge in [0.1, 0.15) is 0 Å². The minimum Gasteiger partial charge on any atom is -0.271 e. The topological polar surface area (TPSA) is 50.9 Å². The maximum absolute atomic E-state index is 5.80. The molecule has 1 aliphatic carbocycles. The van der Waals surface area contributed by atoms with Gasteiger partial charge in [0.15, 0.2) is 0 Å². The molecule has 3 rings (SSSR count). The lowest BCUT2D eigenvalue weighted by atomic mass is 10.0. The van der Waals surface area contributed by atoms with Gasteiger partial charge in [-0.05, 0) is 55.4 Å². The van der Waals surface area contributed by atoms with Gasteiger partial charge in [-0.25, -0.2) is 5.43 Å². The first-order valence-corrected chi connectivity index (χ1v) is 8.09. The second kappa shape index (κ2) is 6.04. The number of aromatic nitrogens is 1. The Balaban J connectivity index is 1.93. The number of rotatable bonds is 3. The molecule has 0 saturated carbocycles. The lowest BCUT2D eigenvalue weighted by Gasteiger charge is -2.14. The Hall–Kier alpha value is -1.23. The molecule has 0 bridgehead atoms. The van der Waals surface area contributed by atoms with E-state index in [1.54, 1.807) is 4.88 Å². The number of nitrogens with two attached hydrogens (primary N) is 1. The first kappa shape index (κ1) is 13.7. The molecule has 106 valence electrons. The van der Waals surface area contributed by atoms with E-state index < -0.39 is 0 Å². The van der Waals surface area contributed by atoms with Gasteiger partial charge in [-0.3, -0.25) is 10.8 Å². The fourth-order valence-corrected chi connectivity index (χ4v) is 4.26. The van der Waals surface area contributed by atoms with E-state index in [0.717, 1.165) is 5.56 Å². The molecule has 0 aliphatic heterocycles. The van der Waals surface area contributed by atoms with Gasteiger partial charge in [-0.15, -0.1) is 11.3 Å². The van der Waals surface area contributed by atoms with E-state index in [9.17, 15) is 0 Å². The van der Waals surface area contributed by atoms with Crippen LogP contribution in [-0.4, -0.2) is 4.98 Å². The summed E-state index contributed by atoms with van der Waals surface area (Å²) in [7, 11) is 0.